The molecule has 2 N–H and O–H groups in total. The number of para-hydroxylation sites is 2. The van der Waals surface area contributed by atoms with Crippen LogP contribution in [0.15, 0.2) is 71.1 Å². The number of nitrogens with one attached hydrogen (secondary N) is 2. The Hall–Kier alpha value is -3.22. The van der Waals surface area contributed by atoms with Crippen LogP contribution in [0.2, 0.25) is 5.02 Å². The number of anilines is 1. The van der Waals surface area contributed by atoms with E-state index in [1.54, 1.807) is 24.3 Å². The SMILES string of the molecule is Cc1ccc(-c2nc3ccccc3o2)cc1NC(=S)NC(=O)c1ccccc1Cl. The van der Waals surface area contributed by atoms with E-state index in [4.69, 9.17) is 28.2 Å². The first-order valence-corrected chi connectivity index (χ1v) is 9.63. The summed E-state index contributed by atoms with van der Waals surface area (Å²) in [4.78, 5) is 16.9. The van der Waals surface area contributed by atoms with Crippen LogP contribution in [0.1, 0.15) is 15.9 Å². The van der Waals surface area contributed by atoms with Crippen LogP contribution in [0.4, 0.5) is 5.69 Å². The molecule has 0 radical (unpaired) electrons. The Morgan fingerprint density at radius 2 is 1.83 bits per heavy atom. The lowest BCUT2D eigenvalue weighted by molar-refractivity contribution is 0.0978. The van der Waals surface area contributed by atoms with Gasteiger partial charge in [-0.05, 0) is 61.1 Å². The van der Waals surface area contributed by atoms with Gasteiger partial charge >= 0.3 is 0 Å². The molecule has 0 unspecified atom stereocenters. The maximum atomic E-state index is 12.4. The van der Waals surface area contributed by atoms with E-state index in [1.807, 2.05) is 49.4 Å². The number of nitrogens with zero attached hydrogens (tertiary/aromatic N) is 1. The van der Waals surface area contributed by atoms with Gasteiger partial charge < -0.3 is 9.73 Å². The Labute approximate surface area is 177 Å². The summed E-state index contributed by atoms with van der Waals surface area (Å²) in [5, 5.41) is 6.25. The molecule has 0 bridgehead atoms. The lowest BCUT2D eigenvalue weighted by atomic mass is 10.1. The quantitative estimate of drug-likeness (QED) is 0.422. The molecule has 0 fully saturated rings. The first kappa shape index (κ1) is 19.1. The van der Waals surface area contributed by atoms with Gasteiger partial charge in [-0.3, -0.25) is 10.1 Å². The fraction of sp³-hybridized carbons (Fsp3) is 0.0455. The van der Waals surface area contributed by atoms with Gasteiger partial charge in [0.25, 0.3) is 5.91 Å². The number of amides is 1. The van der Waals surface area contributed by atoms with Gasteiger partial charge in [0, 0.05) is 11.3 Å². The zero-order chi connectivity index (χ0) is 20.4. The minimum atomic E-state index is -0.374. The molecule has 29 heavy (non-hydrogen) atoms. The van der Waals surface area contributed by atoms with Crippen LogP contribution in [-0.2, 0) is 0 Å². The minimum Gasteiger partial charge on any atom is -0.436 e. The fourth-order valence-electron chi connectivity index (χ4n) is 2.85. The average Bonchev–Trinajstić information content (AvgIpc) is 3.14. The number of fused-ring (bicyclic) bond motifs is 1. The molecule has 144 valence electrons. The molecule has 0 saturated carbocycles. The first-order chi connectivity index (χ1) is 14.0. The predicted octanol–water partition coefficient (Wildman–Crippen LogP) is 5.58. The van der Waals surface area contributed by atoms with Gasteiger partial charge in [0.05, 0.1) is 10.6 Å². The number of hydrogen-bond acceptors (Lipinski definition) is 4. The number of oxazole rings is 1. The molecule has 0 saturated heterocycles. The zero-order valence-electron chi connectivity index (χ0n) is 15.4. The monoisotopic (exact) mass is 421 g/mol. The Bertz CT molecular complexity index is 1200. The van der Waals surface area contributed by atoms with Crippen molar-refractivity contribution in [2.45, 2.75) is 6.92 Å². The second-order valence-corrected chi connectivity index (χ2v) is 7.22. The molecule has 5 nitrogen and oxygen atoms in total. The lowest BCUT2D eigenvalue weighted by Gasteiger charge is -2.13. The van der Waals surface area contributed by atoms with E-state index in [-0.39, 0.29) is 11.0 Å². The Morgan fingerprint density at radius 1 is 1.07 bits per heavy atom. The lowest BCUT2D eigenvalue weighted by Crippen LogP contribution is -2.34. The molecular weight excluding hydrogens is 406 g/mol. The van der Waals surface area contributed by atoms with Crippen LogP contribution in [0.3, 0.4) is 0 Å². The van der Waals surface area contributed by atoms with E-state index >= 15 is 0 Å². The molecule has 4 aromatic rings. The minimum absolute atomic E-state index is 0.174. The number of benzene rings is 3. The summed E-state index contributed by atoms with van der Waals surface area (Å²) >= 11 is 11.4. The largest absolute Gasteiger partial charge is 0.436 e. The number of hydrogen-bond donors (Lipinski definition) is 2. The molecule has 7 heteroatoms. The molecular formula is C22H16ClN3O2S. The topological polar surface area (TPSA) is 67.2 Å². The van der Waals surface area contributed by atoms with Crippen LogP contribution in [0.5, 0.6) is 0 Å². The summed E-state index contributed by atoms with van der Waals surface area (Å²) in [6.07, 6.45) is 0. The van der Waals surface area contributed by atoms with Gasteiger partial charge in [-0.2, -0.15) is 0 Å². The Kier molecular flexibility index (Phi) is 5.29. The molecule has 1 heterocycles. The summed E-state index contributed by atoms with van der Waals surface area (Å²) in [5.74, 6) is 0.140. The summed E-state index contributed by atoms with van der Waals surface area (Å²) in [7, 11) is 0. The van der Waals surface area contributed by atoms with Crippen LogP contribution in [-0.4, -0.2) is 16.0 Å². The standard InChI is InChI=1S/C22H16ClN3O2S/c1-13-10-11-14(21-24-17-8-4-5-9-19(17)28-21)12-18(13)25-22(29)26-20(27)15-6-2-3-7-16(15)23/h2-12H,1H3,(H2,25,26,27,29). The molecule has 3 aromatic carbocycles. The maximum Gasteiger partial charge on any atom is 0.258 e. The van der Waals surface area contributed by atoms with Crippen molar-refractivity contribution in [1.82, 2.24) is 10.3 Å². The van der Waals surface area contributed by atoms with Crippen molar-refractivity contribution in [1.29, 1.82) is 0 Å². The van der Waals surface area contributed by atoms with Crippen molar-refractivity contribution in [2.24, 2.45) is 0 Å². The van der Waals surface area contributed by atoms with Gasteiger partial charge in [-0.25, -0.2) is 4.98 Å². The summed E-state index contributed by atoms with van der Waals surface area (Å²) in [6.45, 7) is 1.94. The molecule has 0 aliphatic heterocycles. The molecule has 0 aliphatic carbocycles. The van der Waals surface area contributed by atoms with Gasteiger partial charge in [0.1, 0.15) is 5.52 Å². The van der Waals surface area contributed by atoms with Gasteiger partial charge in [0.15, 0.2) is 10.7 Å². The molecule has 0 aliphatic rings. The second kappa shape index (κ2) is 8.03. The van der Waals surface area contributed by atoms with E-state index in [0.717, 1.165) is 27.9 Å². The first-order valence-electron chi connectivity index (χ1n) is 8.85. The highest BCUT2D eigenvalue weighted by Crippen LogP contribution is 2.28. The van der Waals surface area contributed by atoms with Crippen LogP contribution in [0, 0.1) is 6.92 Å². The smallest absolute Gasteiger partial charge is 0.258 e. The maximum absolute atomic E-state index is 12.4. The van der Waals surface area contributed by atoms with Gasteiger partial charge in [0.2, 0.25) is 5.89 Å². The van der Waals surface area contributed by atoms with Crippen molar-refractivity contribution in [3.63, 3.8) is 0 Å². The van der Waals surface area contributed by atoms with E-state index in [1.165, 1.54) is 0 Å². The summed E-state index contributed by atoms with van der Waals surface area (Å²) in [5.41, 5.74) is 4.37. The highest BCUT2D eigenvalue weighted by atomic mass is 35.5. The van der Waals surface area contributed by atoms with Crippen molar-refractivity contribution in [3.8, 4) is 11.5 Å². The highest BCUT2D eigenvalue weighted by molar-refractivity contribution is 7.80. The summed E-state index contributed by atoms with van der Waals surface area (Å²) < 4.78 is 5.83. The fourth-order valence-corrected chi connectivity index (χ4v) is 3.28. The van der Waals surface area contributed by atoms with Crippen LogP contribution in [0.25, 0.3) is 22.6 Å². The average molecular weight is 422 g/mol. The van der Waals surface area contributed by atoms with E-state index < -0.39 is 0 Å². The van der Waals surface area contributed by atoms with Gasteiger partial charge in [-0.1, -0.05) is 41.9 Å². The van der Waals surface area contributed by atoms with E-state index in [2.05, 4.69) is 15.6 Å². The van der Waals surface area contributed by atoms with Crippen LogP contribution >= 0.6 is 23.8 Å². The second-order valence-electron chi connectivity index (χ2n) is 6.40. The highest BCUT2D eigenvalue weighted by Gasteiger charge is 2.13. The van der Waals surface area contributed by atoms with Crippen molar-refractivity contribution < 1.29 is 9.21 Å². The Morgan fingerprint density at radius 3 is 2.62 bits per heavy atom. The number of carbonyl (C=O) groups excluding carboxylic acids is 1. The molecule has 1 aromatic heterocycles. The van der Waals surface area contributed by atoms with E-state index in [9.17, 15) is 4.79 Å². The molecule has 1 amide bonds. The third-order valence-corrected chi connectivity index (χ3v) is 4.91. The number of halogens is 1. The third-order valence-electron chi connectivity index (χ3n) is 4.37. The number of aryl methyl sites for hydroxylation is 1. The van der Waals surface area contributed by atoms with Crippen LogP contribution < -0.4 is 10.6 Å². The predicted molar refractivity (Wildman–Crippen MR) is 119 cm³/mol. The normalized spacial score (nSPS) is 10.7. The third kappa shape index (κ3) is 4.13. The zero-order valence-corrected chi connectivity index (χ0v) is 17.0. The summed E-state index contributed by atoms with van der Waals surface area (Å²) in [6, 6.07) is 20.1. The van der Waals surface area contributed by atoms with Crippen molar-refractivity contribution in [2.75, 3.05) is 5.32 Å². The number of rotatable bonds is 3. The van der Waals surface area contributed by atoms with Gasteiger partial charge in [-0.15, -0.1) is 0 Å². The van der Waals surface area contributed by atoms with E-state index in [0.29, 0.717) is 16.5 Å². The number of aromatic nitrogens is 1. The van der Waals surface area contributed by atoms with Crippen molar-refractivity contribution in [3.05, 3.63) is 82.9 Å². The molecule has 4 rings (SSSR count). The molecule has 0 atom stereocenters. The Balaban J connectivity index is 1.54. The number of thiocarbonyl (C=S) groups is 1. The number of carbonyl (C=O) groups is 1. The molecule has 0 spiro atoms. The van der Waals surface area contributed by atoms with Crippen molar-refractivity contribution >= 4 is 51.6 Å².